The van der Waals surface area contributed by atoms with Gasteiger partial charge in [0.25, 0.3) is 11.8 Å². The van der Waals surface area contributed by atoms with Gasteiger partial charge >= 0.3 is 12.2 Å². The second kappa shape index (κ2) is 17.0. The Morgan fingerprint density at radius 1 is 0.837 bits per heavy atom. The van der Waals surface area contributed by atoms with Crippen molar-refractivity contribution in [1.29, 1.82) is 0 Å². The highest BCUT2D eigenvalue weighted by molar-refractivity contribution is 5.96. The summed E-state index contributed by atoms with van der Waals surface area (Å²) >= 11 is 0. The minimum Gasteiger partial charge on any atom is -0.447 e. The van der Waals surface area contributed by atoms with Crippen LogP contribution < -0.4 is 0 Å². The first-order valence-electron chi connectivity index (χ1n) is 14.3. The van der Waals surface area contributed by atoms with Gasteiger partial charge < -0.3 is 19.3 Å². The van der Waals surface area contributed by atoms with Crippen molar-refractivity contribution in [2.45, 2.75) is 62.8 Å². The SMILES string of the molecule is C=CCC[C@@H](O)C(=O)N1C(=O)OC[C@H]1Cc1ccccc1.C=CCC[C@@H](OC)C(=O)N1C(=O)OC[C@H]1Cc1ccccc1. The summed E-state index contributed by atoms with van der Waals surface area (Å²) in [6.45, 7) is 7.56. The van der Waals surface area contributed by atoms with Gasteiger partial charge in [-0.15, -0.1) is 13.2 Å². The van der Waals surface area contributed by atoms with Crippen LogP contribution in [0.2, 0.25) is 0 Å². The number of carbonyl (C=O) groups excluding carboxylic acids is 4. The van der Waals surface area contributed by atoms with Crippen LogP contribution in [0.15, 0.2) is 86.0 Å². The number of benzene rings is 2. The van der Waals surface area contributed by atoms with Crippen LogP contribution in [0, 0.1) is 0 Å². The largest absolute Gasteiger partial charge is 0.447 e. The van der Waals surface area contributed by atoms with Crippen LogP contribution in [-0.4, -0.2) is 83.5 Å². The highest BCUT2D eigenvalue weighted by Crippen LogP contribution is 2.21. The average Bonchev–Trinajstić information content (AvgIpc) is 3.57. The summed E-state index contributed by atoms with van der Waals surface area (Å²) in [5.74, 6) is -0.937. The molecule has 0 aromatic heterocycles. The summed E-state index contributed by atoms with van der Waals surface area (Å²) < 4.78 is 15.2. The Bertz CT molecular complexity index is 1240. The lowest BCUT2D eigenvalue weighted by Crippen LogP contribution is -2.46. The summed E-state index contributed by atoms with van der Waals surface area (Å²) in [6, 6.07) is 18.6. The van der Waals surface area contributed by atoms with Gasteiger partial charge in [0.1, 0.15) is 25.4 Å². The van der Waals surface area contributed by atoms with Crippen LogP contribution in [0.4, 0.5) is 9.59 Å². The van der Waals surface area contributed by atoms with Crippen LogP contribution in [0.5, 0.6) is 0 Å². The number of cyclic esters (lactones) is 2. The van der Waals surface area contributed by atoms with E-state index in [9.17, 15) is 24.3 Å². The third-order valence-corrected chi connectivity index (χ3v) is 7.15. The fraction of sp³-hybridized carbons (Fsp3) is 0.394. The number of hydrogen-bond donors (Lipinski definition) is 1. The van der Waals surface area contributed by atoms with E-state index in [2.05, 4.69) is 13.2 Å². The monoisotopic (exact) mass is 592 g/mol. The summed E-state index contributed by atoms with van der Waals surface area (Å²) in [6.07, 6.45) is 3.24. The average molecular weight is 593 g/mol. The molecule has 0 saturated carbocycles. The highest BCUT2D eigenvalue weighted by Gasteiger charge is 2.41. The molecule has 2 saturated heterocycles. The highest BCUT2D eigenvalue weighted by atomic mass is 16.6. The van der Waals surface area contributed by atoms with Gasteiger partial charge in [-0.25, -0.2) is 19.4 Å². The maximum absolute atomic E-state index is 12.6. The smallest absolute Gasteiger partial charge is 0.417 e. The van der Waals surface area contributed by atoms with Crippen molar-refractivity contribution in [1.82, 2.24) is 9.80 Å². The van der Waals surface area contributed by atoms with E-state index in [1.165, 1.54) is 12.0 Å². The van der Waals surface area contributed by atoms with E-state index in [1.807, 2.05) is 60.7 Å². The molecule has 2 aliphatic heterocycles. The summed E-state index contributed by atoms with van der Waals surface area (Å²) in [5.41, 5.74) is 2.07. The number of rotatable bonds is 13. The van der Waals surface area contributed by atoms with Crippen molar-refractivity contribution in [2.75, 3.05) is 20.3 Å². The molecule has 0 unspecified atom stereocenters. The van der Waals surface area contributed by atoms with Crippen molar-refractivity contribution in [3.8, 4) is 0 Å². The number of aliphatic hydroxyl groups is 1. The molecule has 2 fully saturated rings. The Kier molecular flexibility index (Phi) is 13.1. The van der Waals surface area contributed by atoms with Crippen LogP contribution in [0.3, 0.4) is 0 Å². The number of carbonyl (C=O) groups is 4. The fourth-order valence-corrected chi connectivity index (χ4v) is 4.86. The van der Waals surface area contributed by atoms with E-state index in [0.717, 1.165) is 16.0 Å². The van der Waals surface area contributed by atoms with Gasteiger partial charge in [0.15, 0.2) is 0 Å². The lowest BCUT2D eigenvalue weighted by Gasteiger charge is -2.24. The van der Waals surface area contributed by atoms with E-state index in [-0.39, 0.29) is 37.6 Å². The molecular weight excluding hydrogens is 552 g/mol. The number of methoxy groups -OCH3 is 1. The van der Waals surface area contributed by atoms with Gasteiger partial charge in [-0.3, -0.25) is 9.59 Å². The quantitative estimate of drug-likeness (QED) is 0.338. The minimum atomic E-state index is -1.20. The van der Waals surface area contributed by atoms with Crippen LogP contribution in [-0.2, 0) is 36.6 Å². The third kappa shape index (κ3) is 9.36. The molecule has 230 valence electrons. The maximum Gasteiger partial charge on any atom is 0.417 e. The summed E-state index contributed by atoms with van der Waals surface area (Å²) in [7, 11) is 1.47. The number of allylic oxidation sites excluding steroid dienone is 2. The second-order valence-electron chi connectivity index (χ2n) is 10.2. The van der Waals surface area contributed by atoms with E-state index in [0.29, 0.717) is 32.1 Å². The number of amides is 4. The Balaban J connectivity index is 0.000000236. The summed E-state index contributed by atoms with van der Waals surface area (Å²) in [4.78, 5) is 50.7. The number of imide groups is 2. The Morgan fingerprint density at radius 2 is 1.28 bits per heavy atom. The zero-order valence-corrected chi connectivity index (χ0v) is 24.5. The maximum atomic E-state index is 12.6. The molecule has 43 heavy (non-hydrogen) atoms. The van der Waals surface area contributed by atoms with E-state index < -0.39 is 30.3 Å². The topological polar surface area (TPSA) is 123 Å². The molecule has 0 radical (unpaired) electrons. The van der Waals surface area contributed by atoms with E-state index >= 15 is 0 Å². The molecule has 10 nitrogen and oxygen atoms in total. The molecule has 4 rings (SSSR count). The van der Waals surface area contributed by atoms with Gasteiger partial charge in [-0.2, -0.15) is 0 Å². The van der Waals surface area contributed by atoms with Crippen LogP contribution >= 0.6 is 0 Å². The molecule has 0 aliphatic carbocycles. The molecule has 4 atom stereocenters. The predicted molar refractivity (Wildman–Crippen MR) is 160 cm³/mol. The van der Waals surface area contributed by atoms with E-state index in [4.69, 9.17) is 14.2 Å². The molecule has 0 spiro atoms. The molecule has 2 aromatic rings. The number of aliphatic hydroxyl groups excluding tert-OH is 1. The lowest BCUT2D eigenvalue weighted by molar-refractivity contribution is -0.140. The van der Waals surface area contributed by atoms with Crippen molar-refractivity contribution in [3.63, 3.8) is 0 Å². The first kappa shape index (κ1) is 33.2. The van der Waals surface area contributed by atoms with Gasteiger partial charge in [0, 0.05) is 7.11 Å². The Hall–Kier alpha value is -4.28. The standard InChI is InChI=1S/C17H21NO4.C16H19NO4/c1-3-4-10-15(21-2)16(19)18-14(12-22-17(18)20)11-13-8-6-5-7-9-13;1-2-3-9-14(18)15(19)17-13(11-21-16(17)20)10-12-7-5-4-6-8-12/h3,5-9,14-15H,1,4,10-12H2,2H3;2,4-8,13-14,18H,1,3,9-11H2/t14-,15-;13-,14-/m11/s1. The van der Waals surface area contributed by atoms with Gasteiger partial charge in [0.05, 0.1) is 12.1 Å². The first-order valence-corrected chi connectivity index (χ1v) is 14.3. The van der Waals surface area contributed by atoms with Crippen molar-refractivity contribution in [3.05, 3.63) is 97.1 Å². The van der Waals surface area contributed by atoms with Gasteiger partial charge in [0.2, 0.25) is 0 Å². The third-order valence-electron chi connectivity index (χ3n) is 7.15. The Labute approximate surface area is 252 Å². The molecule has 1 N–H and O–H groups in total. The van der Waals surface area contributed by atoms with Crippen LogP contribution in [0.25, 0.3) is 0 Å². The Morgan fingerprint density at radius 3 is 1.72 bits per heavy atom. The first-order chi connectivity index (χ1) is 20.8. The molecule has 0 bridgehead atoms. The number of ether oxygens (including phenoxy) is 3. The normalized spacial score (nSPS) is 19.0. The number of nitrogens with zero attached hydrogens (tertiary/aromatic N) is 2. The second-order valence-corrected chi connectivity index (χ2v) is 10.2. The minimum absolute atomic E-state index is 0.160. The zero-order valence-electron chi connectivity index (χ0n) is 24.5. The fourth-order valence-electron chi connectivity index (χ4n) is 4.86. The van der Waals surface area contributed by atoms with Gasteiger partial charge in [-0.05, 0) is 49.7 Å². The summed E-state index contributed by atoms with van der Waals surface area (Å²) in [5, 5.41) is 9.86. The number of hydrogen-bond acceptors (Lipinski definition) is 8. The van der Waals surface area contributed by atoms with Crippen molar-refractivity contribution < 1.29 is 38.5 Å². The predicted octanol–water partition coefficient (Wildman–Crippen LogP) is 4.46. The van der Waals surface area contributed by atoms with Crippen LogP contribution in [0.1, 0.15) is 36.8 Å². The van der Waals surface area contributed by atoms with Crippen molar-refractivity contribution >= 4 is 24.0 Å². The van der Waals surface area contributed by atoms with Crippen molar-refractivity contribution in [2.24, 2.45) is 0 Å². The van der Waals surface area contributed by atoms with E-state index in [1.54, 1.807) is 12.2 Å². The molecule has 10 heteroatoms. The molecule has 2 aromatic carbocycles. The molecule has 2 heterocycles. The molecule has 4 amide bonds. The zero-order chi connectivity index (χ0) is 31.2. The van der Waals surface area contributed by atoms with Gasteiger partial charge in [-0.1, -0.05) is 72.8 Å². The lowest BCUT2D eigenvalue weighted by atomic mass is 10.0. The molecular formula is C33H40N2O8. The molecule has 2 aliphatic rings.